The molecule has 0 radical (unpaired) electrons. The second-order valence-electron chi connectivity index (χ2n) is 9.77. The molecule has 2 N–H and O–H groups in total. The van der Waals surface area contributed by atoms with Gasteiger partial charge in [0.15, 0.2) is 0 Å². The lowest BCUT2D eigenvalue weighted by Crippen LogP contribution is -2.42. The maximum atomic E-state index is 13.1. The van der Waals surface area contributed by atoms with Crippen LogP contribution in [0.25, 0.3) is 0 Å². The van der Waals surface area contributed by atoms with E-state index in [0.717, 1.165) is 35.3 Å². The lowest BCUT2D eigenvalue weighted by molar-refractivity contribution is -0.137. The van der Waals surface area contributed by atoms with Crippen LogP contribution in [0.4, 0.5) is 11.4 Å². The molecule has 1 unspecified atom stereocenters. The average Bonchev–Trinajstić information content (AvgIpc) is 2.83. The topological polar surface area (TPSA) is 104 Å². The smallest absolute Gasteiger partial charge is 0.303 e. The zero-order valence-corrected chi connectivity index (χ0v) is 22.3. The van der Waals surface area contributed by atoms with Crippen molar-refractivity contribution < 1.29 is 23.1 Å². The highest BCUT2D eigenvalue weighted by Gasteiger charge is 2.29. The molecule has 196 valence electrons. The third kappa shape index (κ3) is 7.56. The Morgan fingerprint density at radius 3 is 2.33 bits per heavy atom. The Morgan fingerprint density at radius 1 is 1.08 bits per heavy atom. The molecule has 3 rings (SSSR count). The largest absolute Gasteiger partial charge is 0.481 e. The van der Waals surface area contributed by atoms with Crippen molar-refractivity contribution in [1.29, 1.82) is 0 Å². The van der Waals surface area contributed by atoms with E-state index in [-0.39, 0.29) is 42.2 Å². The molecule has 1 aliphatic rings. The van der Waals surface area contributed by atoms with Crippen LogP contribution in [0.5, 0.6) is 0 Å². The number of aliphatic carboxylic acids is 1. The van der Waals surface area contributed by atoms with Crippen molar-refractivity contribution >= 4 is 33.1 Å². The van der Waals surface area contributed by atoms with Gasteiger partial charge < -0.3 is 15.3 Å². The summed E-state index contributed by atoms with van der Waals surface area (Å²) in [6.07, 6.45) is 2.90. The van der Waals surface area contributed by atoms with Crippen LogP contribution in [0.3, 0.4) is 0 Å². The van der Waals surface area contributed by atoms with Gasteiger partial charge in [0.05, 0.1) is 35.7 Å². The van der Waals surface area contributed by atoms with Crippen molar-refractivity contribution in [2.75, 3.05) is 28.3 Å². The van der Waals surface area contributed by atoms with Gasteiger partial charge in [-0.05, 0) is 61.8 Å². The van der Waals surface area contributed by atoms with Gasteiger partial charge in [-0.3, -0.25) is 9.59 Å². The Labute approximate surface area is 214 Å². The monoisotopic (exact) mass is 514 g/mol. The fraction of sp³-hybridized carbons (Fsp3) is 0.500. The van der Waals surface area contributed by atoms with Crippen LogP contribution in [-0.2, 0) is 25.8 Å². The van der Waals surface area contributed by atoms with Crippen molar-refractivity contribution in [3.8, 4) is 0 Å². The molecule has 1 saturated heterocycles. The SMILES string of the molecule is CCCN(c1ccc(C(CC)CC(=O)O)cc1NC(=O)Cc1ccc(C)cc1)C1CCS(=O)(=O)CC1. The van der Waals surface area contributed by atoms with Crippen molar-refractivity contribution in [2.24, 2.45) is 0 Å². The normalized spacial score (nSPS) is 16.3. The Hall–Kier alpha value is -2.87. The summed E-state index contributed by atoms with van der Waals surface area (Å²) in [5.74, 6) is -0.828. The van der Waals surface area contributed by atoms with Crippen molar-refractivity contribution in [1.82, 2.24) is 0 Å². The molecule has 7 nitrogen and oxygen atoms in total. The summed E-state index contributed by atoms with van der Waals surface area (Å²) in [6, 6.07) is 13.7. The van der Waals surface area contributed by atoms with Gasteiger partial charge in [0.1, 0.15) is 9.84 Å². The van der Waals surface area contributed by atoms with E-state index in [1.807, 2.05) is 56.3 Å². The maximum absolute atomic E-state index is 13.1. The first-order chi connectivity index (χ1) is 17.1. The summed E-state index contributed by atoms with van der Waals surface area (Å²) in [7, 11) is -3.00. The second kappa shape index (κ2) is 12.4. The first-order valence-electron chi connectivity index (χ1n) is 12.8. The van der Waals surface area contributed by atoms with Crippen LogP contribution < -0.4 is 10.2 Å². The third-order valence-corrected chi connectivity index (χ3v) is 8.62. The molecule has 8 heteroatoms. The first-order valence-corrected chi connectivity index (χ1v) is 14.6. The van der Waals surface area contributed by atoms with Crippen molar-refractivity contribution in [2.45, 2.75) is 71.3 Å². The lowest BCUT2D eigenvalue weighted by Gasteiger charge is -2.37. The Morgan fingerprint density at radius 2 is 1.75 bits per heavy atom. The summed E-state index contributed by atoms with van der Waals surface area (Å²) in [5, 5.41) is 12.5. The number of benzene rings is 2. The number of carboxylic acids is 1. The minimum Gasteiger partial charge on any atom is -0.481 e. The number of carbonyl (C=O) groups excluding carboxylic acids is 1. The molecule has 0 aromatic heterocycles. The Kier molecular flexibility index (Phi) is 9.54. The molecular formula is C28H38N2O5S. The summed E-state index contributed by atoms with van der Waals surface area (Å²) in [4.78, 5) is 26.7. The van der Waals surface area contributed by atoms with Crippen LogP contribution in [-0.4, -0.2) is 49.5 Å². The molecule has 1 heterocycles. The molecule has 1 fully saturated rings. The highest BCUT2D eigenvalue weighted by molar-refractivity contribution is 7.91. The lowest BCUT2D eigenvalue weighted by atomic mass is 9.92. The Balaban J connectivity index is 1.95. The molecule has 0 spiro atoms. The molecule has 0 aliphatic carbocycles. The minimum atomic E-state index is -3.00. The van der Waals surface area contributed by atoms with Crippen molar-refractivity contribution in [3.63, 3.8) is 0 Å². The first kappa shape index (κ1) is 27.7. The van der Waals surface area contributed by atoms with Gasteiger partial charge >= 0.3 is 5.97 Å². The van der Waals surface area contributed by atoms with Gasteiger partial charge in [-0.15, -0.1) is 0 Å². The van der Waals surface area contributed by atoms with E-state index in [0.29, 0.717) is 24.9 Å². The second-order valence-corrected chi connectivity index (χ2v) is 12.1. The number of aryl methyl sites for hydroxylation is 1. The van der Waals surface area contributed by atoms with Crippen LogP contribution in [0.15, 0.2) is 42.5 Å². The molecule has 36 heavy (non-hydrogen) atoms. The fourth-order valence-electron chi connectivity index (χ4n) is 4.88. The number of anilines is 2. The van der Waals surface area contributed by atoms with E-state index < -0.39 is 15.8 Å². The number of hydrogen-bond donors (Lipinski definition) is 2. The van der Waals surface area contributed by atoms with Crippen molar-refractivity contribution in [3.05, 3.63) is 59.2 Å². The molecule has 0 saturated carbocycles. The number of sulfone groups is 1. The van der Waals surface area contributed by atoms with E-state index in [9.17, 15) is 23.1 Å². The minimum absolute atomic E-state index is 0.0196. The standard InChI is InChI=1S/C28H38N2O5S/c1-4-14-30(24-12-15-36(34,35)16-13-24)26-11-10-23(22(5-2)19-28(32)33)18-25(26)29-27(31)17-21-8-6-20(3)7-9-21/h6-11,18,22,24H,4-5,12-17,19H2,1-3H3,(H,29,31)(H,32,33). The van der Waals surface area contributed by atoms with Gasteiger partial charge in [0, 0.05) is 12.6 Å². The van der Waals surface area contributed by atoms with E-state index in [1.54, 1.807) is 0 Å². The van der Waals surface area contributed by atoms with Gasteiger partial charge in [-0.1, -0.05) is 49.7 Å². The summed E-state index contributed by atoms with van der Waals surface area (Å²) >= 11 is 0. The zero-order chi connectivity index (χ0) is 26.3. The number of carboxylic acid groups (broad SMARTS) is 1. The van der Waals surface area contributed by atoms with Gasteiger partial charge in [0.25, 0.3) is 0 Å². The van der Waals surface area contributed by atoms with E-state index in [4.69, 9.17) is 0 Å². The van der Waals surface area contributed by atoms with Gasteiger partial charge in [0.2, 0.25) is 5.91 Å². The summed E-state index contributed by atoms with van der Waals surface area (Å²) in [5.41, 5.74) is 4.42. The van der Waals surface area contributed by atoms with E-state index in [2.05, 4.69) is 17.1 Å². The molecule has 1 atom stereocenters. The predicted molar refractivity (Wildman–Crippen MR) is 145 cm³/mol. The predicted octanol–water partition coefficient (Wildman–Crippen LogP) is 4.94. The third-order valence-electron chi connectivity index (χ3n) is 6.90. The molecular weight excluding hydrogens is 476 g/mol. The number of rotatable bonds is 11. The number of carbonyl (C=O) groups is 2. The van der Waals surface area contributed by atoms with Gasteiger partial charge in [-0.2, -0.15) is 0 Å². The quantitative estimate of drug-likeness (QED) is 0.440. The molecule has 1 amide bonds. The number of nitrogens with one attached hydrogen (secondary N) is 1. The molecule has 2 aromatic carbocycles. The summed E-state index contributed by atoms with van der Waals surface area (Å²) in [6.45, 7) is 6.78. The maximum Gasteiger partial charge on any atom is 0.303 e. The number of nitrogens with zero attached hydrogens (tertiary/aromatic N) is 1. The Bertz CT molecular complexity index is 1150. The van der Waals surface area contributed by atoms with Crippen LogP contribution in [0, 0.1) is 6.92 Å². The number of amides is 1. The van der Waals surface area contributed by atoms with E-state index in [1.165, 1.54) is 0 Å². The summed E-state index contributed by atoms with van der Waals surface area (Å²) < 4.78 is 24.1. The fourth-order valence-corrected chi connectivity index (χ4v) is 6.35. The van der Waals surface area contributed by atoms with Crippen LogP contribution in [0.2, 0.25) is 0 Å². The average molecular weight is 515 g/mol. The molecule has 0 bridgehead atoms. The zero-order valence-electron chi connectivity index (χ0n) is 21.5. The molecule has 1 aliphatic heterocycles. The number of hydrogen-bond acceptors (Lipinski definition) is 5. The highest BCUT2D eigenvalue weighted by Crippen LogP contribution is 2.35. The molecule has 2 aromatic rings. The van der Waals surface area contributed by atoms with Crippen LogP contribution >= 0.6 is 0 Å². The van der Waals surface area contributed by atoms with Crippen LogP contribution in [0.1, 0.15) is 68.6 Å². The van der Waals surface area contributed by atoms with Gasteiger partial charge in [-0.25, -0.2) is 8.42 Å². The van der Waals surface area contributed by atoms with E-state index >= 15 is 0 Å². The highest BCUT2D eigenvalue weighted by atomic mass is 32.2.